The number of aromatic hydroxyl groups is 1. The van der Waals surface area contributed by atoms with Crippen LogP contribution in [0.15, 0.2) is 97.3 Å². The van der Waals surface area contributed by atoms with E-state index in [0.29, 0.717) is 63.2 Å². The van der Waals surface area contributed by atoms with Crippen molar-refractivity contribution in [3.05, 3.63) is 120 Å². The summed E-state index contributed by atoms with van der Waals surface area (Å²) in [6, 6.07) is 24.3. The van der Waals surface area contributed by atoms with Crippen molar-refractivity contribution < 1.29 is 71.7 Å². The first kappa shape index (κ1) is 58.9. The number of aryl methyl sites for hydroxylation is 2. The van der Waals surface area contributed by atoms with Crippen molar-refractivity contribution >= 4 is 29.7 Å². The molecule has 0 spiro atoms. The molecule has 0 saturated carbocycles. The third-order valence-corrected chi connectivity index (χ3v) is 13.5. The lowest BCUT2D eigenvalue weighted by Gasteiger charge is -2.33. The zero-order valence-corrected chi connectivity index (χ0v) is 45.9. The smallest absolute Gasteiger partial charge is 0.329 e. The number of hydrogen-bond donors (Lipinski definition) is 3. The summed E-state index contributed by atoms with van der Waals surface area (Å²) in [5.41, 5.74) is 3.26. The normalized spacial score (nSPS) is 21.7. The zero-order chi connectivity index (χ0) is 56.4. The SMILES string of the molecule is CCCOC1CCCC(NC(=O)c2nccc(OC)c2O)C(=O)OC(CCc2cc(C)cc(OC3CCCC(NC(=O)c4nccc(OC)c4OC(C)=O)C(=O)OC(C)C3OCCC)c2)C1Oc1ccc(-c2ccccc2)cc1. The highest BCUT2D eigenvalue weighted by atomic mass is 16.6. The molecule has 8 atom stereocenters. The van der Waals surface area contributed by atoms with Crippen molar-refractivity contribution in [3.63, 3.8) is 0 Å². The molecule has 4 heterocycles. The van der Waals surface area contributed by atoms with Gasteiger partial charge in [0.15, 0.2) is 34.7 Å². The van der Waals surface area contributed by atoms with E-state index >= 15 is 0 Å². The fraction of sp³-hybridized carbons (Fsp3) is 0.450. The van der Waals surface area contributed by atoms with Gasteiger partial charge in [0.2, 0.25) is 5.75 Å². The molecule has 2 amide bonds. The summed E-state index contributed by atoms with van der Waals surface area (Å²) in [6.07, 6.45) is 2.56. The summed E-state index contributed by atoms with van der Waals surface area (Å²) in [6.45, 7) is 9.65. The van der Waals surface area contributed by atoms with E-state index < -0.39 is 84.2 Å². The van der Waals surface area contributed by atoms with Gasteiger partial charge in [0, 0.05) is 44.7 Å². The van der Waals surface area contributed by atoms with Crippen LogP contribution in [-0.4, -0.2) is 121 Å². The Balaban J connectivity index is 1.14. The molecule has 0 aliphatic carbocycles. The largest absolute Gasteiger partial charge is 0.503 e. The molecule has 0 radical (unpaired) electrons. The molecule has 3 N–H and O–H groups in total. The summed E-state index contributed by atoms with van der Waals surface area (Å²) in [5.74, 6) is -2.96. The number of cyclic esters (lactones) is 2. The maximum Gasteiger partial charge on any atom is 0.329 e. The van der Waals surface area contributed by atoms with Crippen LogP contribution >= 0.6 is 0 Å². The van der Waals surface area contributed by atoms with Crippen molar-refractivity contribution in [1.29, 1.82) is 0 Å². The number of carbonyl (C=O) groups excluding carboxylic acids is 5. The first-order chi connectivity index (χ1) is 38.2. The van der Waals surface area contributed by atoms with E-state index in [2.05, 4.69) is 20.6 Å². The molecule has 79 heavy (non-hydrogen) atoms. The molecule has 2 aromatic heterocycles. The van der Waals surface area contributed by atoms with Crippen molar-refractivity contribution in [2.75, 3.05) is 27.4 Å². The van der Waals surface area contributed by atoms with Gasteiger partial charge in [-0.2, -0.15) is 0 Å². The number of nitrogens with one attached hydrogen (secondary N) is 2. The number of esters is 3. The van der Waals surface area contributed by atoms with Crippen molar-refractivity contribution in [2.24, 2.45) is 0 Å². The molecular formula is C60H72N4O15. The van der Waals surface area contributed by atoms with Crippen LogP contribution in [0.5, 0.6) is 34.5 Å². The van der Waals surface area contributed by atoms with E-state index in [9.17, 15) is 29.1 Å². The highest BCUT2D eigenvalue weighted by molar-refractivity contribution is 5.99. The number of nitrogens with zero attached hydrogens (tertiary/aromatic N) is 2. The minimum absolute atomic E-state index is 0.0541. The fourth-order valence-corrected chi connectivity index (χ4v) is 9.74. The molecule has 3 aromatic carbocycles. The summed E-state index contributed by atoms with van der Waals surface area (Å²) < 4.78 is 54.9. The first-order valence-corrected chi connectivity index (χ1v) is 27.0. The van der Waals surface area contributed by atoms with Gasteiger partial charge < -0.3 is 58.4 Å². The number of rotatable bonds is 21. The van der Waals surface area contributed by atoms with E-state index in [1.807, 2.05) is 93.6 Å². The topological polar surface area (TPSA) is 238 Å². The maximum atomic E-state index is 14.5. The Kier molecular flexibility index (Phi) is 21.4. The molecule has 2 saturated heterocycles. The molecule has 422 valence electrons. The molecule has 7 rings (SSSR count). The van der Waals surface area contributed by atoms with Gasteiger partial charge in [0.05, 0.1) is 20.3 Å². The lowest BCUT2D eigenvalue weighted by Crippen LogP contribution is -2.48. The van der Waals surface area contributed by atoms with Crippen molar-refractivity contribution in [3.8, 4) is 45.6 Å². The van der Waals surface area contributed by atoms with Crippen LogP contribution in [-0.2, 0) is 39.8 Å². The number of aromatic nitrogens is 2. The average molecular weight is 1090 g/mol. The van der Waals surface area contributed by atoms with E-state index in [0.717, 1.165) is 28.7 Å². The van der Waals surface area contributed by atoms with Crippen molar-refractivity contribution in [2.45, 2.75) is 148 Å². The second-order valence-corrected chi connectivity index (χ2v) is 19.6. The predicted molar refractivity (Wildman–Crippen MR) is 290 cm³/mol. The minimum Gasteiger partial charge on any atom is -0.503 e. The van der Waals surface area contributed by atoms with E-state index in [1.165, 1.54) is 45.7 Å². The third-order valence-electron chi connectivity index (χ3n) is 13.5. The number of pyridine rings is 2. The molecule has 0 bridgehead atoms. The van der Waals surface area contributed by atoms with Gasteiger partial charge in [0.1, 0.15) is 48.0 Å². The number of methoxy groups -OCH3 is 2. The van der Waals surface area contributed by atoms with Gasteiger partial charge in [0.25, 0.3) is 11.8 Å². The van der Waals surface area contributed by atoms with Gasteiger partial charge in [-0.15, -0.1) is 0 Å². The predicted octanol–water partition coefficient (Wildman–Crippen LogP) is 8.63. The molecule has 2 aliphatic heterocycles. The first-order valence-electron chi connectivity index (χ1n) is 27.0. The quantitative estimate of drug-likeness (QED) is 0.0583. The average Bonchev–Trinajstić information content (AvgIpc) is 3.55. The van der Waals surface area contributed by atoms with Crippen LogP contribution in [0, 0.1) is 6.92 Å². The van der Waals surface area contributed by atoms with Crippen LogP contribution < -0.4 is 34.3 Å². The van der Waals surface area contributed by atoms with Gasteiger partial charge in [-0.05, 0) is 125 Å². The Morgan fingerprint density at radius 3 is 1.95 bits per heavy atom. The Bertz CT molecular complexity index is 2850. The Labute approximate surface area is 460 Å². The molecule has 8 unspecified atom stereocenters. The Morgan fingerprint density at radius 1 is 0.684 bits per heavy atom. The summed E-state index contributed by atoms with van der Waals surface area (Å²) in [4.78, 5) is 75.8. The maximum absolute atomic E-state index is 14.5. The summed E-state index contributed by atoms with van der Waals surface area (Å²) in [7, 11) is 2.72. The van der Waals surface area contributed by atoms with Gasteiger partial charge in [-0.3, -0.25) is 14.4 Å². The van der Waals surface area contributed by atoms with Gasteiger partial charge in [-0.1, -0.05) is 62.4 Å². The Hall–Kier alpha value is -7.77. The second-order valence-electron chi connectivity index (χ2n) is 19.6. The standard InChI is InChI=1S/C60H72N4O15/c1-8-31-73-48-19-13-17-45(63-57(67)51-53(66)46(71-6)27-29-61-51)60(70)79-50(55(48)78-42-24-22-41(23-25-42)40-15-11-10-12-16-40)26-21-39-33-36(3)34-43(35-39)77-49-20-14-18-44(59(69)75-37(4)54(49)74-32-9-2)64-58(68)52-56(76-38(5)65)47(72-7)28-30-62-52/h10-12,15-16,22-25,27-30,33-35,37,44-45,48-50,54-55,66H,8-9,13-14,17-21,26,31-32H2,1-7H3,(H,63,67)(H,64,68). The summed E-state index contributed by atoms with van der Waals surface area (Å²) in [5, 5.41) is 16.3. The highest BCUT2D eigenvalue weighted by Gasteiger charge is 2.40. The fourth-order valence-electron chi connectivity index (χ4n) is 9.74. The number of hydrogen-bond acceptors (Lipinski definition) is 17. The molecule has 19 heteroatoms. The van der Waals surface area contributed by atoms with Crippen molar-refractivity contribution in [1.82, 2.24) is 20.6 Å². The number of amides is 2. The monoisotopic (exact) mass is 1090 g/mol. The minimum atomic E-state index is -1.11. The lowest BCUT2D eigenvalue weighted by molar-refractivity contribution is -0.163. The molecule has 19 nitrogen and oxygen atoms in total. The molecule has 2 fully saturated rings. The van der Waals surface area contributed by atoms with E-state index in [4.69, 9.17) is 42.6 Å². The van der Waals surface area contributed by atoms with Gasteiger partial charge >= 0.3 is 17.9 Å². The number of carbonyl (C=O) groups is 5. The van der Waals surface area contributed by atoms with E-state index in [-0.39, 0.29) is 47.9 Å². The van der Waals surface area contributed by atoms with Crippen LogP contribution in [0.3, 0.4) is 0 Å². The molecule has 2 aliphatic rings. The number of benzene rings is 3. The second kappa shape index (κ2) is 28.7. The summed E-state index contributed by atoms with van der Waals surface area (Å²) >= 11 is 0. The van der Waals surface area contributed by atoms with Crippen LogP contribution in [0.1, 0.15) is 118 Å². The van der Waals surface area contributed by atoms with E-state index in [1.54, 1.807) is 6.92 Å². The number of ether oxygens (including phenoxy) is 9. The zero-order valence-electron chi connectivity index (χ0n) is 45.9. The Morgan fingerprint density at radius 2 is 1.29 bits per heavy atom. The third kappa shape index (κ3) is 15.9. The lowest BCUT2D eigenvalue weighted by atomic mass is 9.96. The van der Waals surface area contributed by atoms with Crippen LogP contribution in [0.4, 0.5) is 0 Å². The molecular weight excluding hydrogens is 1020 g/mol. The highest BCUT2D eigenvalue weighted by Crippen LogP contribution is 2.34. The van der Waals surface area contributed by atoms with Crippen LogP contribution in [0.2, 0.25) is 0 Å². The molecule has 5 aromatic rings. The van der Waals surface area contributed by atoms with Gasteiger partial charge in [-0.25, -0.2) is 19.6 Å². The van der Waals surface area contributed by atoms with Crippen LogP contribution in [0.25, 0.3) is 11.1 Å².